The summed E-state index contributed by atoms with van der Waals surface area (Å²) in [6.45, 7) is 4.36. The van der Waals surface area contributed by atoms with Gasteiger partial charge in [0.05, 0.1) is 11.1 Å². The molecule has 0 saturated carbocycles. The highest BCUT2D eigenvalue weighted by Gasteiger charge is 2.06. The van der Waals surface area contributed by atoms with Crippen LogP contribution in [0.15, 0.2) is 18.2 Å². The molecule has 0 aliphatic rings. The molecule has 0 fully saturated rings. The second-order valence-electron chi connectivity index (χ2n) is 3.12. The van der Waals surface area contributed by atoms with Gasteiger partial charge in [-0.15, -0.1) is 0 Å². The first-order chi connectivity index (χ1) is 7.15. The summed E-state index contributed by atoms with van der Waals surface area (Å²) in [5.74, 6) is 0.564. The zero-order chi connectivity index (χ0) is 11.3. The molecule has 0 aliphatic heterocycles. The van der Waals surface area contributed by atoms with Crippen molar-refractivity contribution in [3.05, 3.63) is 28.8 Å². The maximum absolute atomic E-state index is 9.33. The van der Waals surface area contributed by atoms with Gasteiger partial charge in [-0.25, -0.2) is 0 Å². The smallest absolute Gasteiger partial charge is 0.189 e. The molecule has 0 bridgehead atoms. The van der Waals surface area contributed by atoms with Gasteiger partial charge in [-0.3, -0.25) is 0 Å². The van der Waals surface area contributed by atoms with Gasteiger partial charge in [0.1, 0.15) is 5.75 Å². The van der Waals surface area contributed by atoms with E-state index in [0.29, 0.717) is 17.4 Å². The van der Waals surface area contributed by atoms with Gasteiger partial charge < -0.3 is 14.6 Å². The lowest BCUT2D eigenvalue weighted by atomic mass is 10.1. The number of hydrogen-bond donors (Lipinski definition) is 1. The van der Waals surface area contributed by atoms with Crippen molar-refractivity contribution < 1.29 is 14.6 Å². The summed E-state index contributed by atoms with van der Waals surface area (Å²) in [6.07, 6.45) is -0.525. The van der Waals surface area contributed by atoms with E-state index >= 15 is 0 Å². The van der Waals surface area contributed by atoms with Crippen LogP contribution in [0.4, 0.5) is 0 Å². The molecule has 84 valence electrons. The summed E-state index contributed by atoms with van der Waals surface area (Å²) in [4.78, 5) is 0. The lowest BCUT2D eigenvalue weighted by Crippen LogP contribution is -2.02. The van der Waals surface area contributed by atoms with Gasteiger partial charge in [0.15, 0.2) is 6.79 Å². The SMILES string of the molecule is CCOCOc1ccc([C@@H](C)O)cc1Cl. The van der Waals surface area contributed by atoms with Crippen LogP contribution in [0.2, 0.25) is 5.02 Å². The molecule has 0 aromatic heterocycles. The Hall–Kier alpha value is -0.770. The average Bonchev–Trinajstić information content (AvgIpc) is 2.20. The first-order valence-corrected chi connectivity index (χ1v) is 5.21. The Morgan fingerprint density at radius 2 is 2.20 bits per heavy atom. The fourth-order valence-electron chi connectivity index (χ4n) is 1.08. The van der Waals surface area contributed by atoms with Crippen LogP contribution in [0.3, 0.4) is 0 Å². The molecule has 0 spiro atoms. The number of ether oxygens (including phenoxy) is 2. The summed E-state index contributed by atoms with van der Waals surface area (Å²) in [7, 11) is 0. The average molecular weight is 231 g/mol. The lowest BCUT2D eigenvalue weighted by Gasteiger charge is -2.10. The minimum Gasteiger partial charge on any atom is -0.466 e. The largest absolute Gasteiger partial charge is 0.466 e. The normalized spacial score (nSPS) is 12.5. The Morgan fingerprint density at radius 3 is 2.73 bits per heavy atom. The quantitative estimate of drug-likeness (QED) is 0.625. The minimum atomic E-state index is -0.525. The van der Waals surface area contributed by atoms with Crippen molar-refractivity contribution in [2.75, 3.05) is 13.4 Å². The van der Waals surface area contributed by atoms with Gasteiger partial charge in [-0.2, -0.15) is 0 Å². The maximum atomic E-state index is 9.33. The number of aliphatic hydroxyl groups is 1. The molecule has 0 unspecified atom stereocenters. The topological polar surface area (TPSA) is 38.7 Å². The third kappa shape index (κ3) is 3.70. The van der Waals surface area contributed by atoms with Gasteiger partial charge in [0.25, 0.3) is 0 Å². The van der Waals surface area contributed by atoms with E-state index in [1.54, 1.807) is 25.1 Å². The highest BCUT2D eigenvalue weighted by atomic mass is 35.5. The third-order valence-corrected chi connectivity index (χ3v) is 2.24. The minimum absolute atomic E-state index is 0.185. The summed E-state index contributed by atoms with van der Waals surface area (Å²) in [5.41, 5.74) is 0.767. The van der Waals surface area contributed by atoms with Crippen LogP contribution < -0.4 is 4.74 Å². The van der Waals surface area contributed by atoms with E-state index in [-0.39, 0.29) is 6.79 Å². The van der Waals surface area contributed by atoms with Crippen molar-refractivity contribution in [3.8, 4) is 5.75 Å². The zero-order valence-corrected chi connectivity index (χ0v) is 9.62. The lowest BCUT2D eigenvalue weighted by molar-refractivity contribution is 0.0224. The summed E-state index contributed by atoms with van der Waals surface area (Å²) >= 11 is 5.96. The van der Waals surface area contributed by atoms with Gasteiger partial charge in [0, 0.05) is 6.61 Å². The highest BCUT2D eigenvalue weighted by molar-refractivity contribution is 6.32. The van der Waals surface area contributed by atoms with Crippen LogP contribution in [0.1, 0.15) is 25.5 Å². The molecule has 4 heteroatoms. The second-order valence-corrected chi connectivity index (χ2v) is 3.53. The van der Waals surface area contributed by atoms with Crippen LogP contribution in [-0.4, -0.2) is 18.5 Å². The Balaban J connectivity index is 2.66. The van der Waals surface area contributed by atoms with E-state index in [1.807, 2.05) is 6.92 Å². The third-order valence-electron chi connectivity index (χ3n) is 1.94. The maximum Gasteiger partial charge on any atom is 0.189 e. The number of halogens is 1. The second kappa shape index (κ2) is 5.95. The molecule has 1 aromatic rings. The highest BCUT2D eigenvalue weighted by Crippen LogP contribution is 2.27. The molecule has 0 aliphatic carbocycles. The van der Waals surface area contributed by atoms with Crippen LogP contribution in [0.5, 0.6) is 5.75 Å². The molecule has 3 nitrogen and oxygen atoms in total. The molecule has 0 radical (unpaired) electrons. The van der Waals surface area contributed by atoms with E-state index in [1.165, 1.54) is 0 Å². The van der Waals surface area contributed by atoms with Gasteiger partial charge in [-0.05, 0) is 31.5 Å². The molecular weight excluding hydrogens is 216 g/mol. The molecule has 1 atom stereocenters. The van der Waals surface area contributed by atoms with Crippen molar-refractivity contribution in [1.29, 1.82) is 0 Å². The first kappa shape index (κ1) is 12.3. The van der Waals surface area contributed by atoms with E-state index in [2.05, 4.69) is 0 Å². The molecule has 1 N–H and O–H groups in total. The molecule has 0 heterocycles. The fraction of sp³-hybridized carbons (Fsp3) is 0.455. The Kier molecular flexibility index (Phi) is 4.88. The molecule has 15 heavy (non-hydrogen) atoms. The summed E-state index contributed by atoms with van der Waals surface area (Å²) < 4.78 is 10.3. The number of benzene rings is 1. The van der Waals surface area contributed by atoms with Crippen LogP contribution in [-0.2, 0) is 4.74 Å². The fourth-order valence-corrected chi connectivity index (χ4v) is 1.33. The van der Waals surface area contributed by atoms with E-state index in [9.17, 15) is 5.11 Å². The predicted octanol–water partition coefficient (Wildman–Crippen LogP) is 2.77. The van der Waals surface area contributed by atoms with Crippen molar-refractivity contribution in [3.63, 3.8) is 0 Å². The van der Waals surface area contributed by atoms with Crippen molar-refractivity contribution in [2.45, 2.75) is 20.0 Å². The van der Waals surface area contributed by atoms with Crippen molar-refractivity contribution in [1.82, 2.24) is 0 Å². The number of hydrogen-bond acceptors (Lipinski definition) is 3. The van der Waals surface area contributed by atoms with Crippen molar-refractivity contribution >= 4 is 11.6 Å². The Bertz CT molecular complexity index is 313. The van der Waals surface area contributed by atoms with E-state index in [4.69, 9.17) is 21.1 Å². The van der Waals surface area contributed by atoms with Crippen LogP contribution >= 0.6 is 11.6 Å². The predicted molar refractivity (Wildman–Crippen MR) is 59.2 cm³/mol. The Morgan fingerprint density at radius 1 is 1.47 bits per heavy atom. The van der Waals surface area contributed by atoms with Gasteiger partial charge in [0.2, 0.25) is 0 Å². The van der Waals surface area contributed by atoms with Gasteiger partial charge in [-0.1, -0.05) is 17.7 Å². The summed E-state index contributed by atoms with van der Waals surface area (Å²) in [5, 5.41) is 9.81. The molecular formula is C11H15ClO3. The number of rotatable bonds is 5. The zero-order valence-electron chi connectivity index (χ0n) is 8.87. The molecule has 0 amide bonds. The Labute approximate surface area is 94.6 Å². The standard InChI is InChI=1S/C11H15ClO3/c1-3-14-7-15-11-5-4-9(8(2)13)6-10(11)12/h4-6,8,13H,3,7H2,1-2H3/t8-/m1/s1. The number of aliphatic hydroxyl groups excluding tert-OH is 1. The van der Waals surface area contributed by atoms with Crippen molar-refractivity contribution in [2.24, 2.45) is 0 Å². The van der Waals surface area contributed by atoms with Crippen LogP contribution in [0.25, 0.3) is 0 Å². The van der Waals surface area contributed by atoms with Gasteiger partial charge >= 0.3 is 0 Å². The molecule has 0 saturated heterocycles. The monoisotopic (exact) mass is 230 g/mol. The van der Waals surface area contributed by atoms with E-state index < -0.39 is 6.10 Å². The molecule has 1 aromatic carbocycles. The van der Waals surface area contributed by atoms with E-state index in [0.717, 1.165) is 5.56 Å². The molecule has 1 rings (SSSR count). The summed E-state index contributed by atoms with van der Waals surface area (Å²) in [6, 6.07) is 5.19. The van der Waals surface area contributed by atoms with Crippen LogP contribution in [0, 0.1) is 0 Å². The first-order valence-electron chi connectivity index (χ1n) is 4.83.